The Morgan fingerprint density at radius 1 is 1.15 bits per heavy atom. The Hall–Kier alpha value is -2.28. The van der Waals surface area contributed by atoms with E-state index in [9.17, 15) is 4.79 Å². The van der Waals surface area contributed by atoms with Gasteiger partial charge < -0.3 is 10.6 Å². The van der Waals surface area contributed by atoms with Crippen molar-refractivity contribution in [3.8, 4) is 0 Å². The number of nitrogens with zero attached hydrogens (tertiary/aromatic N) is 3. The highest BCUT2D eigenvalue weighted by molar-refractivity contribution is 7.99. The number of rotatable bonds is 11. The minimum atomic E-state index is 0.459. The zero-order valence-electron chi connectivity index (χ0n) is 15.7. The molecule has 2 aromatic rings. The summed E-state index contributed by atoms with van der Waals surface area (Å²) < 4.78 is 0. The van der Waals surface area contributed by atoms with E-state index in [2.05, 4.69) is 34.4 Å². The number of aromatic nitrogens is 2. The fourth-order valence-corrected chi connectivity index (χ4v) is 3.13. The van der Waals surface area contributed by atoms with Gasteiger partial charge in [0.15, 0.2) is 16.8 Å². The summed E-state index contributed by atoms with van der Waals surface area (Å²) in [7, 11) is 1.82. The predicted molar refractivity (Wildman–Crippen MR) is 110 cm³/mol. The van der Waals surface area contributed by atoms with Crippen molar-refractivity contribution < 1.29 is 4.79 Å². The minimum Gasteiger partial charge on any atom is -0.382 e. The molecule has 0 radical (unpaired) electrons. The highest BCUT2D eigenvalue weighted by atomic mass is 32.2. The first-order valence-corrected chi connectivity index (χ1v) is 9.94. The first-order valence-electron chi connectivity index (χ1n) is 8.95. The van der Waals surface area contributed by atoms with Crippen molar-refractivity contribution in [2.75, 3.05) is 34.9 Å². The van der Waals surface area contributed by atoms with Gasteiger partial charge in [-0.3, -0.25) is 9.69 Å². The molecule has 0 bridgehead atoms. The lowest BCUT2D eigenvalue weighted by atomic mass is 10.2. The summed E-state index contributed by atoms with van der Waals surface area (Å²) in [6.45, 7) is 5.50. The van der Waals surface area contributed by atoms with Crippen LogP contribution in [-0.4, -0.2) is 35.7 Å². The van der Waals surface area contributed by atoms with Gasteiger partial charge in [0.05, 0.1) is 6.54 Å². The molecule has 1 aromatic carbocycles. The van der Waals surface area contributed by atoms with Crippen LogP contribution in [0.2, 0.25) is 0 Å². The Kier molecular flexibility index (Phi) is 8.21. The van der Waals surface area contributed by atoms with Gasteiger partial charge in [0, 0.05) is 19.3 Å². The predicted octanol–water partition coefficient (Wildman–Crippen LogP) is 4.01. The van der Waals surface area contributed by atoms with Crippen molar-refractivity contribution in [2.24, 2.45) is 0 Å². The average Bonchev–Trinajstić information content (AvgIpc) is 2.69. The molecule has 1 aromatic heterocycles. The third-order valence-corrected chi connectivity index (χ3v) is 4.75. The number of hydrogen-bond acceptors (Lipinski definition) is 6. The summed E-state index contributed by atoms with van der Waals surface area (Å²) >= 11 is 1.60. The molecule has 6 nitrogen and oxygen atoms in total. The molecule has 0 aliphatic carbocycles. The zero-order valence-corrected chi connectivity index (χ0v) is 16.5. The number of amides is 1. The maximum atomic E-state index is 11.8. The van der Waals surface area contributed by atoms with Gasteiger partial charge in [-0.1, -0.05) is 55.9 Å². The minimum absolute atomic E-state index is 0.459. The molecule has 2 N–H and O–H groups in total. The Bertz CT molecular complexity index is 696. The van der Waals surface area contributed by atoms with E-state index < -0.39 is 0 Å². The van der Waals surface area contributed by atoms with E-state index in [1.54, 1.807) is 16.7 Å². The Balaban J connectivity index is 2.42. The quantitative estimate of drug-likeness (QED) is 0.352. The Morgan fingerprint density at radius 2 is 1.92 bits per heavy atom. The maximum absolute atomic E-state index is 11.8. The summed E-state index contributed by atoms with van der Waals surface area (Å²) in [6, 6.07) is 9.90. The van der Waals surface area contributed by atoms with Crippen LogP contribution in [0.15, 0.2) is 35.5 Å². The van der Waals surface area contributed by atoms with Crippen LogP contribution in [0.1, 0.15) is 32.3 Å². The lowest BCUT2D eigenvalue weighted by Crippen LogP contribution is -2.24. The number of carbonyl (C=O) groups is 1. The molecule has 1 heterocycles. The van der Waals surface area contributed by atoms with Crippen molar-refractivity contribution in [3.63, 3.8) is 0 Å². The van der Waals surface area contributed by atoms with E-state index in [4.69, 9.17) is 0 Å². The average molecular weight is 374 g/mol. The van der Waals surface area contributed by atoms with Gasteiger partial charge in [-0.15, -0.1) is 0 Å². The first-order chi connectivity index (χ1) is 12.7. The molecule has 0 fully saturated rings. The van der Waals surface area contributed by atoms with Crippen LogP contribution in [0.4, 0.5) is 17.3 Å². The van der Waals surface area contributed by atoms with E-state index in [0.717, 1.165) is 48.6 Å². The largest absolute Gasteiger partial charge is 0.382 e. The molecule has 0 atom stereocenters. The molecular formula is C19H27N5OS. The lowest BCUT2D eigenvalue weighted by Gasteiger charge is -2.22. The van der Waals surface area contributed by atoms with Gasteiger partial charge in [-0.2, -0.15) is 0 Å². The number of nitrogens with one attached hydrogen (secondary N) is 2. The Morgan fingerprint density at radius 3 is 2.54 bits per heavy atom. The number of thioether (sulfide) groups is 1. The van der Waals surface area contributed by atoms with Crippen molar-refractivity contribution in [1.29, 1.82) is 0 Å². The van der Waals surface area contributed by atoms with Gasteiger partial charge in [-0.25, -0.2) is 9.97 Å². The van der Waals surface area contributed by atoms with Crippen LogP contribution in [0, 0.1) is 0 Å². The molecule has 0 unspecified atom stereocenters. The third kappa shape index (κ3) is 5.36. The highest BCUT2D eigenvalue weighted by Gasteiger charge is 2.19. The van der Waals surface area contributed by atoms with Crippen molar-refractivity contribution >= 4 is 35.5 Å². The molecule has 0 saturated carbocycles. The monoisotopic (exact) mass is 373 g/mol. The maximum Gasteiger partial charge on any atom is 0.215 e. The van der Waals surface area contributed by atoms with Crippen LogP contribution in [-0.2, 0) is 11.3 Å². The second-order valence-electron chi connectivity index (χ2n) is 5.80. The van der Waals surface area contributed by atoms with Gasteiger partial charge in [0.2, 0.25) is 6.41 Å². The molecule has 7 heteroatoms. The van der Waals surface area contributed by atoms with Gasteiger partial charge >= 0.3 is 0 Å². The summed E-state index contributed by atoms with van der Waals surface area (Å²) in [5, 5.41) is 7.18. The fraction of sp³-hybridized carbons (Fsp3) is 0.421. The van der Waals surface area contributed by atoms with Gasteiger partial charge in [0.1, 0.15) is 5.69 Å². The second kappa shape index (κ2) is 10.7. The molecule has 2 rings (SSSR count). The molecular weight excluding hydrogens is 346 g/mol. The number of anilines is 3. The van der Waals surface area contributed by atoms with E-state index in [-0.39, 0.29) is 0 Å². The topological polar surface area (TPSA) is 70.2 Å². The van der Waals surface area contributed by atoms with E-state index in [0.29, 0.717) is 17.5 Å². The summed E-state index contributed by atoms with van der Waals surface area (Å²) in [5.74, 6) is 2.27. The van der Waals surface area contributed by atoms with E-state index >= 15 is 0 Å². The lowest BCUT2D eigenvalue weighted by molar-refractivity contribution is -0.107. The molecule has 0 aliphatic heterocycles. The van der Waals surface area contributed by atoms with Crippen LogP contribution >= 0.6 is 11.8 Å². The number of hydrogen-bond donors (Lipinski definition) is 2. The van der Waals surface area contributed by atoms with Crippen molar-refractivity contribution in [2.45, 2.75) is 38.4 Å². The molecule has 140 valence electrons. The zero-order chi connectivity index (χ0) is 18.8. The molecule has 0 aliphatic rings. The second-order valence-corrected chi connectivity index (χ2v) is 6.86. The van der Waals surface area contributed by atoms with Crippen LogP contribution in [0.3, 0.4) is 0 Å². The first kappa shape index (κ1) is 20.0. The number of carbonyl (C=O) groups excluding carboxylic acids is 1. The Labute approximate surface area is 159 Å². The van der Waals surface area contributed by atoms with E-state index in [1.807, 2.05) is 37.4 Å². The molecule has 1 amide bonds. The van der Waals surface area contributed by atoms with Crippen LogP contribution in [0.5, 0.6) is 0 Å². The summed E-state index contributed by atoms with van der Waals surface area (Å²) in [4.78, 5) is 22.8. The summed E-state index contributed by atoms with van der Waals surface area (Å²) in [6.07, 6.45) is 2.85. The number of benzene rings is 1. The SMILES string of the molecule is CCCNc1nc(SCCC)nc(N(C=O)Cc2ccccc2)c1NC. The van der Waals surface area contributed by atoms with Gasteiger partial charge in [-0.05, 0) is 18.4 Å². The normalized spacial score (nSPS) is 10.4. The molecule has 0 saturated heterocycles. The highest BCUT2D eigenvalue weighted by Crippen LogP contribution is 2.33. The van der Waals surface area contributed by atoms with Crippen molar-refractivity contribution in [1.82, 2.24) is 9.97 Å². The van der Waals surface area contributed by atoms with E-state index in [1.165, 1.54) is 0 Å². The third-order valence-electron chi connectivity index (χ3n) is 3.69. The van der Waals surface area contributed by atoms with Gasteiger partial charge in [0.25, 0.3) is 0 Å². The summed E-state index contributed by atoms with van der Waals surface area (Å²) in [5.41, 5.74) is 1.79. The van der Waals surface area contributed by atoms with Crippen LogP contribution < -0.4 is 15.5 Å². The standard InChI is InChI=1S/C19H27N5OS/c1-4-11-21-17-16(20-3)18(23-19(22-17)26-12-5-2)24(14-25)13-15-9-7-6-8-10-15/h6-10,14,20H,4-5,11-13H2,1-3H3,(H,21,22,23). The van der Waals surface area contributed by atoms with Crippen LogP contribution in [0.25, 0.3) is 0 Å². The molecule has 0 spiro atoms. The van der Waals surface area contributed by atoms with Crippen molar-refractivity contribution in [3.05, 3.63) is 35.9 Å². The smallest absolute Gasteiger partial charge is 0.215 e. The fourth-order valence-electron chi connectivity index (χ4n) is 2.44. The molecule has 26 heavy (non-hydrogen) atoms.